The molecule has 1 aliphatic heterocycles. The highest BCUT2D eigenvalue weighted by Crippen LogP contribution is 2.26. The van der Waals surface area contributed by atoms with Crippen LogP contribution in [0.1, 0.15) is 5.56 Å². The highest BCUT2D eigenvalue weighted by Gasteiger charge is 2.19. The molecule has 0 aromatic heterocycles. The summed E-state index contributed by atoms with van der Waals surface area (Å²) in [7, 11) is 0. The van der Waals surface area contributed by atoms with Crippen molar-refractivity contribution in [3.63, 3.8) is 0 Å². The summed E-state index contributed by atoms with van der Waals surface area (Å²) >= 11 is 5.94. The van der Waals surface area contributed by atoms with Crippen molar-refractivity contribution in [1.82, 2.24) is 5.32 Å². The Morgan fingerprint density at radius 3 is 2.79 bits per heavy atom. The lowest BCUT2D eigenvalue weighted by Crippen LogP contribution is -2.50. The molecule has 0 aliphatic carbocycles. The van der Waals surface area contributed by atoms with Gasteiger partial charge in [0.25, 0.3) is 0 Å². The number of nitrogens with one attached hydrogen (secondary N) is 1. The molecule has 2 rings (SSSR count). The number of ether oxygens (including phenoxy) is 1. The molecular weight excluding hydrogens is 200 g/mol. The molecule has 0 atom stereocenters. The topological polar surface area (TPSA) is 45.0 Å². The summed E-state index contributed by atoms with van der Waals surface area (Å²) in [4.78, 5) is 0. The SMILES string of the molecule is N#Cc1ccc(OC2CNC2)c(Cl)c1. The van der Waals surface area contributed by atoms with Crippen LogP contribution in [0.4, 0.5) is 0 Å². The number of hydrogen-bond donors (Lipinski definition) is 1. The van der Waals surface area contributed by atoms with E-state index in [1.54, 1.807) is 18.2 Å². The molecule has 1 aromatic carbocycles. The quantitative estimate of drug-likeness (QED) is 0.803. The van der Waals surface area contributed by atoms with E-state index >= 15 is 0 Å². The molecule has 1 saturated heterocycles. The third-order valence-electron chi connectivity index (χ3n) is 2.10. The van der Waals surface area contributed by atoms with Crippen molar-refractivity contribution in [2.24, 2.45) is 0 Å². The molecule has 72 valence electrons. The third-order valence-corrected chi connectivity index (χ3v) is 2.39. The van der Waals surface area contributed by atoms with Gasteiger partial charge in [-0.3, -0.25) is 0 Å². The largest absolute Gasteiger partial charge is 0.486 e. The molecule has 1 fully saturated rings. The van der Waals surface area contributed by atoms with Crippen LogP contribution in [0.3, 0.4) is 0 Å². The molecule has 1 heterocycles. The Morgan fingerprint density at radius 2 is 2.29 bits per heavy atom. The minimum atomic E-state index is 0.209. The molecule has 1 aliphatic rings. The van der Waals surface area contributed by atoms with Crippen LogP contribution < -0.4 is 10.1 Å². The number of nitrogens with zero attached hydrogens (tertiary/aromatic N) is 1. The number of benzene rings is 1. The molecular formula is C10H9ClN2O. The van der Waals surface area contributed by atoms with E-state index in [1.807, 2.05) is 6.07 Å². The summed E-state index contributed by atoms with van der Waals surface area (Å²) in [6.07, 6.45) is 0.209. The second kappa shape index (κ2) is 3.87. The van der Waals surface area contributed by atoms with Gasteiger partial charge < -0.3 is 10.1 Å². The van der Waals surface area contributed by atoms with E-state index in [-0.39, 0.29) is 6.10 Å². The molecule has 0 amide bonds. The number of halogens is 1. The molecule has 0 saturated carbocycles. The summed E-state index contributed by atoms with van der Waals surface area (Å²) < 4.78 is 5.58. The first-order valence-corrected chi connectivity index (χ1v) is 4.74. The van der Waals surface area contributed by atoms with Gasteiger partial charge in [0.05, 0.1) is 16.7 Å². The Morgan fingerprint density at radius 1 is 1.50 bits per heavy atom. The van der Waals surface area contributed by atoms with Crippen LogP contribution in [-0.2, 0) is 0 Å². The van der Waals surface area contributed by atoms with Crippen LogP contribution in [0.25, 0.3) is 0 Å². The zero-order chi connectivity index (χ0) is 9.97. The van der Waals surface area contributed by atoms with Gasteiger partial charge in [0.1, 0.15) is 11.9 Å². The smallest absolute Gasteiger partial charge is 0.138 e. The predicted molar refractivity (Wildman–Crippen MR) is 53.5 cm³/mol. The molecule has 4 heteroatoms. The van der Waals surface area contributed by atoms with Crippen molar-refractivity contribution in [2.75, 3.05) is 13.1 Å². The average Bonchev–Trinajstić information content (AvgIpc) is 2.13. The van der Waals surface area contributed by atoms with Gasteiger partial charge in [0.15, 0.2) is 0 Å². The normalized spacial score (nSPS) is 15.7. The first-order chi connectivity index (χ1) is 6.79. The lowest BCUT2D eigenvalue weighted by molar-refractivity contribution is 0.142. The molecule has 1 N–H and O–H groups in total. The maximum absolute atomic E-state index is 8.63. The standard InChI is InChI=1S/C10H9ClN2O/c11-9-3-7(4-12)1-2-10(9)14-8-5-13-6-8/h1-3,8,13H,5-6H2. The Labute approximate surface area is 87.2 Å². The number of hydrogen-bond acceptors (Lipinski definition) is 3. The summed E-state index contributed by atoms with van der Waals surface area (Å²) in [5.41, 5.74) is 0.550. The lowest BCUT2D eigenvalue weighted by atomic mass is 10.2. The summed E-state index contributed by atoms with van der Waals surface area (Å²) in [5.74, 6) is 0.650. The maximum atomic E-state index is 8.63. The van der Waals surface area contributed by atoms with E-state index in [2.05, 4.69) is 5.32 Å². The molecule has 0 spiro atoms. The van der Waals surface area contributed by atoms with E-state index in [0.717, 1.165) is 13.1 Å². The maximum Gasteiger partial charge on any atom is 0.138 e. The molecule has 0 radical (unpaired) electrons. The fourth-order valence-electron chi connectivity index (χ4n) is 1.19. The minimum absolute atomic E-state index is 0.209. The highest BCUT2D eigenvalue weighted by molar-refractivity contribution is 6.32. The molecule has 1 aromatic rings. The monoisotopic (exact) mass is 208 g/mol. The molecule has 0 unspecified atom stereocenters. The zero-order valence-electron chi connectivity index (χ0n) is 7.46. The summed E-state index contributed by atoms with van der Waals surface area (Å²) in [5, 5.41) is 12.2. The lowest BCUT2D eigenvalue weighted by Gasteiger charge is -2.28. The average molecular weight is 209 g/mol. The molecule has 3 nitrogen and oxygen atoms in total. The van der Waals surface area contributed by atoms with Crippen LogP contribution in [0.2, 0.25) is 5.02 Å². The minimum Gasteiger partial charge on any atom is -0.486 e. The summed E-state index contributed by atoms with van der Waals surface area (Å²) in [6.45, 7) is 1.71. The van der Waals surface area contributed by atoms with Gasteiger partial charge in [-0.05, 0) is 18.2 Å². The van der Waals surface area contributed by atoms with Gasteiger partial charge in [0.2, 0.25) is 0 Å². The van der Waals surface area contributed by atoms with Crippen molar-refractivity contribution in [3.05, 3.63) is 28.8 Å². The number of nitriles is 1. The third kappa shape index (κ3) is 1.82. The van der Waals surface area contributed by atoms with E-state index in [9.17, 15) is 0 Å². The first kappa shape index (κ1) is 9.32. The Balaban J connectivity index is 2.14. The Bertz CT molecular complexity index is 382. The van der Waals surface area contributed by atoms with Gasteiger partial charge in [-0.2, -0.15) is 5.26 Å². The van der Waals surface area contributed by atoms with E-state index < -0.39 is 0 Å². The second-order valence-electron chi connectivity index (χ2n) is 3.16. The van der Waals surface area contributed by atoms with E-state index in [0.29, 0.717) is 16.3 Å². The first-order valence-electron chi connectivity index (χ1n) is 4.36. The fourth-order valence-corrected chi connectivity index (χ4v) is 1.42. The number of rotatable bonds is 2. The highest BCUT2D eigenvalue weighted by atomic mass is 35.5. The van der Waals surface area contributed by atoms with Gasteiger partial charge in [0, 0.05) is 13.1 Å². The van der Waals surface area contributed by atoms with Crippen LogP contribution in [0, 0.1) is 11.3 Å². The van der Waals surface area contributed by atoms with Gasteiger partial charge in [-0.25, -0.2) is 0 Å². The van der Waals surface area contributed by atoms with Crippen molar-refractivity contribution < 1.29 is 4.74 Å². The molecule has 14 heavy (non-hydrogen) atoms. The van der Waals surface area contributed by atoms with Crippen LogP contribution in [0.5, 0.6) is 5.75 Å². The van der Waals surface area contributed by atoms with Crippen LogP contribution in [0.15, 0.2) is 18.2 Å². The molecule has 0 bridgehead atoms. The van der Waals surface area contributed by atoms with Gasteiger partial charge in [-0.1, -0.05) is 11.6 Å². The van der Waals surface area contributed by atoms with E-state index in [4.69, 9.17) is 21.6 Å². The zero-order valence-corrected chi connectivity index (χ0v) is 8.21. The van der Waals surface area contributed by atoms with Crippen molar-refractivity contribution >= 4 is 11.6 Å². The predicted octanol–water partition coefficient (Wildman–Crippen LogP) is 1.56. The van der Waals surface area contributed by atoms with Crippen molar-refractivity contribution in [1.29, 1.82) is 5.26 Å². The Kier molecular flexibility index (Phi) is 2.58. The summed E-state index contributed by atoms with van der Waals surface area (Å²) in [6, 6.07) is 7.08. The van der Waals surface area contributed by atoms with Gasteiger partial charge in [-0.15, -0.1) is 0 Å². The van der Waals surface area contributed by atoms with Gasteiger partial charge >= 0.3 is 0 Å². The van der Waals surface area contributed by atoms with Crippen LogP contribution in [-0.4, -0.2) is 19.2 Å². The van der Waals surface area contributed by atoms with Crippen molar-refractivity contribution in [3.8, 4) is 11.8 Å². The second-order valence-corrected chi connectivity index (χ2v) is 3.56. The fraction of sp³-hybridized carbons (Fsp3) is 0.300. The Hall–Kier alpha value is -1.24. The van der Waals surface area contributed by atoms with Crippen LogP contribution >= 0.6 is 11.6 Å². The van der Waals surface area contributed by atoms with E-state index in [1.165, 1.54) is 0 Å². The van der Waals surface area contributed by atoms with Crippen molar-refractivity contribution in [2.45, 2.75) is 6.10 Å².